The van der Waals surface area contributed by atoms with E-state index in [1.165, 1.54) is 12.1 Å². The van der Waals surface area contributed by atoms with E-state index >= 15 is 0 Å². The Morgan fingerprint density at radius 3 is 1.36 bits per heavy atom. The number of phosphoric ester groups is 1. The number of halogens is 4. The second kappa shape index (κ2) is 12.9. The Balaban J connectivity index is 1.00. The molecule has 12 rings (SSSR count). The molecule has 2 aromatic rings. The monoisotopic (exact) mass is 896 g/mol. The maximum Gasteiger partial charge on any atom is 0.524 e. The van der Waals surface area contributed by atoms with Crippen LogP contribution in [0.2, 0.25) is 10.0 Å². The van der Waals surface area contributed by atoms with Crippen molar-refractivity contribution in [2.24, 2.45) is 35.5 Å². The van der Waals surface area contributed by atoms with Gasteiger partial charge < -0.3 is 23.4 Å². The molecule has 2 saturated heterocycles. The van der Waals surface area contributed by atoms with Crippen LogP contribution in [0.25, 0.3) is 0 Å². The molecule has 10 aliphatic rings. The van der Waals surface area contributed by atoms with Gasteiger partial charge in [-0.1, -0.05) is 35.3 Å². The summed E-state index contributed by atoms with van der Waals surface area (Å²) in [5.74, 6) is -2.50. The Kier molecular flexibility index (Phi) is 9.09. The molecule has 306 valence electrons. The molecule has 0 amide bonds. The van der Waals surface area contributed by atoms with E-state index in [2.05, 4.69) is 0 Å². The largest absolute Gasteiger partial charge is 0.524 e. The standard InChI is InChI=1S/C37H42Cl4O13P2/c1-55(42,43)49-30-12-22(2-4-28(30)38)36(34(51-53-36)24-8-20-9-25(34)17-32(40,14-20)16-24)47-6-7-48-37(23-3-5-29(39)31(13-23)50-56(44,45)46)35(52-54-37)26-10-21-11-27(35)19-33(41,15-21)18-26/h2-5,12-13,20-21,24-27H,6-11,14-19H2,1H3,(H,42,43)(H2,44,45,46). The molecule has 8 saturated carbocycles. The molecule has 19 heteroatoms. The van der Waals surface area contributed by atoms with Gasteiger partial charge in [0.1, 0.15) is 5.75 Å². The van der Waals surface area contributed by atoms with Gasteiger partial charge in [0, 0.05) is 27.5 Å². The third kappa shape index (κ3) is 5.82. The molecule has 13 nitrogen and oxygen atoms in total. The van der Waals surface area contributed by atoms with Gasteiger partial charge in [-0.05, 0) is 124 Å². The van der Waals surface area contributed by atoms with Crippen molar-refractivity contribution in [2.75, 3.05) is 19.9 Å². The minimum Gasteiger partial charge on any atom is -0.423 e. The van der Waals surface area contributed by atoms with Crippen LogP contribution < -0.4 is 9.05 Å². The van der Waals surface area contributed by atoms with E-state index in [9.17, 15) is 23.8 Å². The normalized spacial score (nSPS) is 45.1. The summed E-state index contributed by atoms with van der Waals surface area (Å²) in [5.41, 5.74) is -1.00. The zero-order valence-corrected chi connectivity index (χ0v) is 35.1. The Bertz CT molecular complexity index is 1890. The van der Waals surface area contributed by atoms with Crippen LogP contribution in [0.1, 0.15) is 75.3 Å². The molecule has 8 bridgehead atoms. The van der Waals surface area contributed by atoms with E-state index in [4.69, 9.17) is 84.5 Å². The molecule has 10 fully saturated rings. The maximum absolute atomic E-state index is 12.4. The first-order chi connectivity index (χ1) is 26.3. The lowest BCUT2D eigenvalue weighted by atomic mass is 9.46. The van der Waals surface area contributed by atoms with Gasteiger partial charge in [-0.25, -0.2) is 18.9 Å². The third-order valence-corrected chi connectivity index (χ3v) is 16.6. The molecular weight excluding hydrogens is 856 g/mol. The smallest absolute Gasteiger partial charge is 0.423 e. The van der Waals surface area contributed by atoms with Crippen LogP contribution in [-0.2, 0) is 49.7 Å². The van der Waals surface area contributed by atoms with Crippen molar-refractivity contribution in [3.8, 4) is 11.5 Å². The number of phosphoric acid groups is 1. The first-order valence-electron chi connectivity index (χ1n) is 19.0. The SMILES string of the molecule is CP(=O)(O)Oc1cc(C2(OCCOC3(c4ccc(Cl)c(OP(=O)(O)O)c4)OOC34C3CC5CC4CC(Cl)(C5)C3)OOC23C2CC4CC3CC(Cl)(C4)C2)ccc1Cl. The van der Waals surface area contributed by atoms with E-state index < -0.39 is 38.2 Å². The lowest BCUT2D eigenvalue weighted by Crippen LogP contribution is -2.78. The molecule has 2 aromatic carbocycles. The summed E-state index contributed by atoms with van der Waals surface area (Å²) in [6.45, 7) is 0.964. The van der Waals surface area contributed by atoms with Crippen molar-refractivity contribution in [1.82, 2.24) is 0 Å². The Labute approximate surface area is 343 Å². The highest BCUT2D eigenvalue weighted by Gasteiger charge is 2.80. The third-order valence-electron chi connectivity index (χ3n) is 14.1. The van der Waals surface area contributed by atoms with Crippen molar-refractivity contribution in [1.29, 1.82) is 0 Å². The second-order valence-corrected chi connectivity index (χ2v) is 23.0. The van der Waals surface area contributed by atoms with Gasteiger partial charge in [0.15, 0.2) is 17.0 Å². The van der Waals surface area contributed by atoms with Crippen LogP contribution in [0.5, 0.6) is 11.5 Å². The second-order valence-electron chi connectivity index (χ2n) is 17.6. The predicted octanol–water partition coefficient (Wildman–Crippen LogP) is 8.73. The molecular formula is C37H42Cl4O13P2. The molecule has 7 atom stereocenters. The minimum absolute atomic E-state index is 0.00376. The lowest BCUT2D eigenvalue weighted by Gasteiger charge is -2.70. The van der Waals surface area contributed by atoms with Crippen LogP contribution in [0.4, 0.5) is 0 Å². The van der Waals surface area contributed by atoms with Crippen molar-refractivity contribution in [3.05, 3.63) is 57.6 Å². The van der Waals surface area contributed by atoms with Crippen molar-refractivity contribution >= 4 is 61.8 Å². The maximum atomic E-state index is 12.4. The Morgan fingerprint density at radius 1 is 0.643 bits per heavy atom. The average Bonchev–Trinajstić information content (AvgIpc) is 3.05. The van der Waals surface area contributed by atoms with Crippen LogP contribution in [0, 0.1) is 35.5 Å². The first-order valence-corrected chi connectivity index (χ1v) is 24.1. The lowest BCUT2D eigenvalue weighted by molar-refractivity contribution is -0.655. The van der Waals surface area contributed by atoms with Crippen molar-refractivity contribution in [2.45, 2.75) is 96.7 Å². The molecule has 0 radical (unpaired) electrons. The molecule has 8 aliphatic carbocycles. The molecule has 2 heterocycles. The zero-order valence-electron chi connectivity index (χ0n) is 30.2. The molecule has 56 heavy (non-hydrogen) atoms. The highest BCUT2D eigenvalue weighted by molar-refractivity contribution is 7.52. The molecule has 0 aromatic heterocycles. The number of alkyl halides is 2. The summed E-state index contributed by atoms with van der Waals surface area (Å²) in [5, 5.41) is 0.127. The van der Waals surface area contributed by atoms with Crippen LogP contribution >= 0.6 is 61.8 Å². The Morgan fingerprint density at radius 2 is 1.04 bits per heavy atom. The van der Waals surface area contributed by atoms with Gasteiger partial charge >= 0.3 is 15.4 Å². The molecule has 7 unspecified atom stereocenters. The van der Waals surface area contributed by atoms with E-state index in [0.717, 1.165) is 45.2 Å². The molecule has 2 aliphatic heterocycles. The molecule has 3 N–H and O–H groups in total. The summed E-state index contributed by atoms with van der Waals surface area (Å²) in [6, 6.07) is 9.46. The van der Waals surface area contributed by atoms with Crippen LogP contribution in [-0.4, -0.2) is 55.5 Å². The van der Waals surface area contributed by atoms with Crippen LogP contribution in [0.3, 0.4) is 0 Å². The van der Waals surface area contributed by atoms with Gasteiger partial charge in [-0.3, -0.25) is 9.79 Å². The van der Waals surface area contributed by atoms with Crippen molar-refractivity contribution in [3.63, 3.8) is 0 Å². The van der Waals surface area contributed by atoms with Crippen molar-refractivity contribution < 1.29 is 61.9 Å². The number of ether oxygens (including phenoxy) is 2. The van der Waals surface area contributed by atoms with E-state index in [1.807, 2.05) is 0 Å². The number of benzene rings is 2. The number of hydrogen-bond acceptors (Lipinski definition) is 10. The fourth-order valence-corrected chi connectivity index (χ4v) is 15.3. The highest BCUT2D eigenvalue weighted by Crippen LogP contribution is 2.73. The van der Waals surface area contributed by atoms with Gasteiger partial charge in [-0.15, -0.1) is 23.2 Å². The highest BCUT2D eigenvalue weighted by atomic mass is 35.5. The summed E-state index contributed by atoms with van der Waals surface area (Å²) < 4.78 is 48.5. The van der Waals surface area contributed by atoms with Gasteiger partial charge in [0.05, 0.1) is 23.3 Å². The summed E-state index contributed by atoms with van der Waals surface area (Å²) in [6.07, 6.45) is 8.17. The van der Waals surface area contributed by atoms with Gasteiger partial charge in [-0.2, -0.15) is 9.78 Å². The van der Waals surface area contributed by atoms with E-state index in [-0.39, 0.29) is 68.2 Å². The minimum atomic E-state index is -4.98. The fourth-order valence-electron chi connectivity index (χ4n) is 12.7. The van der Waals surface area contributed by atoms with Gasteiger partial charge in [0.25, 0.3) is 11.6 Å². The summed E-state index contributed by atoms with van der Waals surface area (Å²) in [4.78, 5) is 53.6. The quantitative estimate of drug-likeness (QED) is 0.0849. The number of rotatable bonds is 11. The van der Waals surface area contributed by atoms with E-state index in [0.29, 0.717) is 48.6 Å². The van der Waals surface area contributed by atoms with Crippen LogP contribution in [0.15, 0.2) is 36.4 Å². The average molecular weight is 898 g/mol. The molecule has 2 spiro atoms. The van der Waals surface area contributed by atoms with E-state index in [1.54, 1.807) is 24.3 Å². The fraction of sp³-hybridized carbons (Fsp3) is 0.676. The topological polar surface area (TPSA) is 169 Å². The summed E-state index contributed by atoms with van der Waals surface area (Å²) in [7, 11) is -8.98. The number of hydrogen-bond donors (Lipinski definition) is 3. The van der Waals surface area contributed by atoms with Gasteiger partial charge in [0.2, 0.25) is 0 Å². The summed E-state index contributed by atoms with van der Waals surface area (Å²) >= 11 is 27.2. The zero-order chi connectivity index (χ0) is 39.3. The first kappa shape index (κ1) is 39.4. The Hall–Kier alpha value is -0.700. The predicted molar refractivity (Wildman–Crippen MR) is 201 cm³/mol.